The third kappa shape index (κ3) is 2.31. The highest BCUT2D eigenvalue weighted by atomic mass is 79.9. The van der Waals surface area contributed by atoms with Gasteiger partial charge in [0.05, 0.1) is 11.1 Å². The Bertz CT molecular complexity index is 630. The predicted molar refractivity (Wildman–Crippen MR) is 88.5 cm³/mol. The van der Waals surface area contributed by atoms with Crippen LogP contribution in [0.15, 0.2) is 18.2 Å². The van der Waals surface area contributed by atoms with Gasteiger partial charge in [0.2, 0.25) is 5.91 Å². The van der Waals surface area contributed by atoms with E-state index >= 15 is 0 Å². The maximum atomic E-state index is 14.0. The Labute approximate surface area is 139 Å². The first-order valence-electron chi connectivity index (χ1n) is 8.14. The molecule has 118 valence electrons. The van der Waals surface area contributed by atoms with Crippen LogP contribution in [0.3, 0.4) is 0 Å². The van der Waals surface area contributed by atoms with E-state index in [1.807, 2.05) is 6.92 Å². The van der Waals surface area contributed by atoms with E-state index < -0.39 is 0 Å². The normalized spacial score (nSPS) is 39.0. The molecule has 4 aliphatic carbocycles. The lowest BCUT2D eigenvalue weighted by atomic mass is 9.49. The number of benzene rings is 1. The van der Waals surface area contributed by atoms with E-state index in [1.165, 1.54) is 25.3 Å². The van der Waals surface area contributed by atoms with Crippen LogP contribution in [0.25, 0.3) is 0 Å². The highest BCUT2D eigenvalue weighted by molar-refractivity contribution is 9.10. The molecule has 1 amide bonds. The molecule has 5 rings (SSSR count). The Kier molecular flexibility index (Phi) is 3.20. The average molecular weight is 366 g/mol. The third-order valence-corrected chi connectivity index (χ3v) is 6.77. The number of amides is 1. The van der Waals surface area contributed by atoms with E-state index in [4.69, 9.17) is 0 Å². The molecule has 4 bridgehead atoms. The summed E-state index contributed by atoms with van der Waals surface area (Å²) in [5.74, 6) is 0.967. The van der Waals surface area contributed by atoms with Gasteiger partial charge in [0.15, 0.2) is 0 Å². The van der Waals surface area contributed by atoms with Crippen LogP contribution in [0, 0.1) is 30.0 Å². The number of carbonyl (C=O) groups is 1. The molecular formula is C18H21BrFNO. The van der Waals surface area contributed by atoms with Crippen LogP contribution in [-0.2, 0) is 4.79 Å². The van der Waals surface area contributed by atoms with Gasteiger partial charge in [-0.25, -0.2) is 4.39 Å². The van der Waals surface area contributed by atoms with Crippen LogP contribution in [-0.4, -0.2) is 10.2 Å². The zero-order chi connectivity index (χ0) is 15.5. The molecule has 0 radical (unpaired) electrons. The molecule has 0 heterocycles. The lowest BCUT2D eigenvalue weighted by Crippen LogP contribution is -2.57. The molecule has 4 saturated carbocycles. The van der Waals surface area contributed by atoms with E-state index in [-0.39, 0.29) is 21.5 Å². The molecule has 4 heteroatoms. The molecule has 0 spiro atoms. The molecule has 22 heavy (non-hydrogen) atoms. The summed E-state index contributed by atoms with van der Waals surface area (Å²) in [6.07, 6.45) is 6.48. The summed E-state index contributed by atoms with van der Waals surface area (Å²) < 4.78 is 14.1. The van der Waals surface area contributed by atoms with Crippen molar-refractivity contribution in [1.82, 2.24) is 0 Å². The minimum atomic E-state index is -0.350. The first-order valence-corrected chi connectivity index (χ1v) is 8.93. The van der Waals surface area contributed by atoms with E-state index in [0.29, 0.717) is 17.5 Å². The van der Waals surface area contributed by atoms with Gasteiger partial charge in [-0.1, -0.05) is 22.0 Å². The molecule has 2 unspecified atom stereocenters. The van der Waals surface area contributed by atoms with Crippen LogP contribution in [0.1, 0.15) is 44.1 Å². The molecule has 1 aromatic carbocycles. The van der Waals surface area contributed by atoms with Gasteiger partial charge in [-0.15, -0.1) is 0 Å². The third-order valence-electron chi connectivity index (χ3n) is 5.84. The zero-order valence-electron chi connectivity index (χ0n) is 12.8. The lowest BCUT2D eigenvalue weighted by molar-refractivity contribution is -0.138. The Hall–Kier alpha value is -0.900. The molecule has 1 N–H and O–H groups in total. The fourth-order valence-electron chi connectivity index (χ4n) is 5.41. The fourth-order valence-corrected chi connectivity index (χ4v) is 6.86. The van der Waals surface area contributed by atoms with Gasteiger partial charge in [-0.2, -0.15) is 0 Å². The van der Waals surface area contributed by atoms with Gasteiger partial charge in [-0.05, 0) is 75.0 Å². The second-order valence-corrected chi connectivity index (χ2v) is 9.51. The second kappa shape index (κ2) is 4.80. The largest absolute Gasteiger partial charge is 0.323 e. The number of anilines is 1. The van der Waals surface area contributed by atoms with Crippen LogP contribution in [0.2, 0.25) is 0 Å². The standard InChI is InChI=1S/C18H21BrFNO/c1-11-2-3-14(20)15(4-11)21-16(22)17-6-12-5-13(7-17)9-18(19,8-12)10-17/h2-4,12-13H,5-10H2,1H3,(H,21,22). The number of hydrogen-bond acceptors (Lipinski definition) is 1. The quantitative estimate of drug-likeness (QED) is 0.748. The number of halogens is 2. The SMILES string of the molecule is Cc1ccc(F)c(NC(=O)C23CC4CC(CC(Br)(C4)C2)C3)c1. The molecule has 4 aliphatic rings. The number of carbonyl (C=O) groups excluding carboxylic acids is 1. The summed E-state index contributed by atoms with van der Waals surface area (Å²) in [4.78, 5) is 13.0. The Morgan fingerprint density at radius 2 is 1.95 bits per heavy atom. The van der Waals surface area contributed by atoms with Crippen molar-refractivity contribution in [2.75, 3.05) is 5.32 Å². The minimum absolute atomic E-state index is 0.0231. The summed E-state index contributed by atoms with van der Waals surface area (Å²) in [6, 6.07) is 4.87. The van der Waals surface area contributed by atoms with E-state index in [1.54, 1.807) is 12.1 Å². The topological polar surface area (TPSA) is 29.1 Å². The van der Waals surface area contributed by atoms with E-state index in [0.717, 1.165) is 24.8 Å². The van der Waals surface area contributed by atoms with Crippen molar-refractivity contribution in [1.29, 1.82) is 0 Å². The van der Waals surface area contributed by atoms with Gasteiger partial charge >= 0.3 is 0 Å². The first-order chi connectivity index (χ1) is 10.4. The van der Waals surface area contributed by atoms with Crippen LogP contribution < -0.4 is 5.32 Å². The summed E-state index contributed by atoms with van der Waals surface area (Å²) >= 11 is 3.92. The molecule has 1 aromatic rings. The monoisotopic (exact) mass is 365 g/mol. The number of aryl methyl sites for hydroxylation is 1. The van der Waals surface area contributed by atoms with Crippen molar-refractivity contribution in [3.8, 4) is 0 Å². The molecule has 0 aliphatic heterocycles. The summed E-state index contributed by atoms with van der Waals surface area (Å²) in [5.41, 5.74) is 0.979. The van der Waals surface area contributed by atoms with Gasteiger partial charge in [0, 0.05) is 4.32 Å². The van der Waals surface area contributed by atoms with Crippen LogP contribution >= 0.6 is 15.9 Å². The molecule has 0 saturated heterocycles. The highest BCUT2D eigenvalue weighted by Crippen LogP contribution is 2.64. The van der Waals surface area contributed by atoms with Crippen molar-refractivity contribution in [2.45, 2.75) is 49.8 Å². The fraction of sp³-hybridized carbons (Fsp3) is 0.611. The number of alkyl halides is 1. The average Bonchev–Trinajstić information content (AvgIpc) is 2.40. The van der Waals surface area contributed by atoms with Gasteiger partial charge in [0.25, 0.3) is 0 Å². The summed E-state index contributed by atoms with van der Waals surface area (Å²) in [7, 11) is 0. The van der Waals surface area contributed by atoms with Gasteiger partial charge < -0.3 is 5.32 Å². The number of nitrogens with one attached hydrogen (secondary N) is 1. The first kappa shape index (κ1) is 14.7. The summed E-state index contributed by atoms with van der Waals surface area (Å²) in [5, 5.41) is 2.89. The van der Waals surface area contributed by atoms with E-state index in [2.05, 4.69) is 21.2 Å². The maximum absolute atomic E-state index is 14.0. The van der Waals surface area contributed by atoms with E-state index in [9.17, 15) is 9.18 Å². The second-order valence-electron chi connectivity index (χ2n) is 7.83. The van der Waals surface area contributed by atoms with Crippen LogP contribution in [0.4, 0.5) is 10.1 Å². The molecule has 2 atom stereocenters. The van der Waals surface area contributed by atoms with Gasteiger partial charge in [0.1, 0.15) is 5.82 Å². The lowest BCUT2D eigenvalue weighted by Gasteiger charge is -2.59. The van der Waals surface area contributed by atoms with Crippen molar-refractivity contribution < 1.29 is 9.18 Å². The smallest absolute Gasteiger partial charge is 0.230 e. The molecule has 0 aromatic heterocycles. The highest BCUT2D eigenvalue weighted by Gasteiger charge is 2.59. The Morgan fingerprint density at radius 3 is 2.59 bits per heavy atom. The predicted octanol–water partition coefficient (Wildman–Crippen LogP) is 4.81. The minimum Gasteiger partial charge on any atom is -0.323 e. The van der Waals surface area contributed by atoms with Crippen LogP contribution in [0.5, 0.6) is 0 Å². The Morgan fingerprint density at radius 1 is 1.27 bits per heavy atom. The Balaban J connectivity index is 1.61. The van der Waals surface area contributed by atoms with Crippen molar-refractivity contribution >= 4 is 27.5 Å². The molecule has 4 fully saturated rings. The summed E-state index contributed by atoms with van der Waals surface area (Å²) in [6.45, 7) is 1.91. The van der Waals surface area contributed by atoms with Gasteiger partial charge in [-0.3, -0.25) is 4.79 Å². The molecular weight excluding hydrogens is 345 g/mol. The van der Waals surface area contributed by atoms with Crippen molar-refractivity contribution in [3.63, 3.8) is 0 Å². The zero-order valence-corrected chi connectivity index (χ0v) is 14.4. The van der Waals surface area contributed by atoms with Crippen molar-refractivity contribution in [3.05, 3.63) is 29.6 Å². The maximum Gasteiger partial charge on any atom is 0.230 e. The number of hydrogen-bond donors (Lipinski definition) is 1. The molecule has 2 nitrogen and oxygen atoms in total. The van der Waals surface area contributed by atoms with Crippen molar-refractivity contribution in [2.24, 2.45) is 17.3 Å². The number of rotatable bonds is 2.